The van der Waals surface area contributed by atoms with Crippen molar-refractivity contribution in [2.24, 2.45) is 0 Å². The molecule has 156 valence electrons. The molecular formula is C23H29BrN2O2S. The maximum Gasteiger partial charge on any atom is 0.242 e. The Labute approximate surface area is 186 Å². The fourth-order valence-electron chi connectivity index (χ4n) is 2.91. The number of carbonyl (C=O) groups excluding carboxylic acids is 2. The number of benzene rings is 2. The number of hydrogen-bond donors (Lipinski definition) is 1. The first-order valence-corrected chi connectivity index (χ1v) is 11.8. The van der Waals surface area contributed by atoms with Crippen molar-refractivity contribution in [3.8, 4) is 0 Å². The van der Waals surface area contributed by atoms with Crippen LogP contribution in [-0.2, 0) is 21.9 Å². The summed E-state index contributed by atoms with van der Waals surface area (Å²) in [6.45, 7) is 6.91. The number of rotatable bonds is 10. The zero-order valence-electron chi connectivity index (χ0n) is 17.3. The molecule has 0 fully saturated rings. The molecule has 0 aliphatic heterocycles. The molecule has 6 heteroatoms. The van der Waals surface area contributed by atoms with E-state index in [9.17, 15) is 9.59 Å². The van der Waals surface area contributed by atoms with Gasteiger partial charge in [-0.1, -0.05) is 64.8 Å². The van der Waals surface area contributed by atoms with E-state index in [-0.39, 0.29) is 11.8 Å². The summed E-state index contributed by atoms with van der Waals surface area (Å²) in [6, 6.07) is 15.6. The van der Waals surface area contributed by atoms with Crippen molar-refractivity contribution >= 4 is 39.5 Å². The highest BCUT2D eigenvalue weighted by Gasteiger charge is 2.25. The zero-order chi connectivity index (χ0) is 21.2. The molecule has 0 aromatic heterocycles. The van der Waals surface area contributed by atoms with Gasteiger partial charge in [-0.05, 0) is 43.5 Å². The van der Waals surface area contributed by atoms with E-state index in [4.69, 9.17) is 0 Å². The quantitative estimate of drug-likeness (QED) is 0.528. The lowest BCUT2D eigenvalue weighted by Crippen LogP contribution is -2.48. The van der Waals surface area contributed by atoms with Crippen LogP contribution in [0, 0.1) is 6.92 Å². The molecule has 0 heterocycles. The van der Waals surface area contributed by atoms with E-state index in [1.54, 1.807) is 23.6 Å². The van der Waals surface area contributed by atoms with E-state index in [1.807, 2.05) is 37.3 Å². The molecule has 0 aliphatic rings. The molecule has 4 nitrogen and oxygen atoms in total. The molecule has 2 aromatic rings. The van der Waals surface area contributed by atoms with Crippen molar-refractivity contribution in [3.05, 3.63) is 69.7 Å². The lowest BCUT2D eigenvalue weighted by Gasteiger charge is -2.28. The van der Waals surface area contributed by atoms with Crippen molar-refractivity contribution < 1.29 is 9.59 Å². The Hall–Kier alpha value is -1.79. The van der Waals surface area contributed by atoms with Crippen molar-refractivity contribution in [1.29, 1.82) is 0 Å². The lowest BCUT2D eigenvalue weighted by molar-refractivity contribution is -0.138. The summed E-state index contributed by atoms with van der Waals surface area (Å²) in [5.74, 6) is 0.983. The predicted molar refractivity (Wildman–Crippen MR) is 125 cm³/mol. The van der Waals surface area contributed by atoms with Gasteiger partial charge in [-0.3, -0.25) is 9.59 Å². The fraction of sp³-hybridized carbons (Fsp3) is 0.391. The van der Waals surface area contributed by atoms with Gasteiger partial charge < -0.3 is 10.2 Å². The van der Waals surface area contributed by atoms with Gasteiger partial charge in [0.25, 0.3) is 0 Å². The van der Waals surface area contributed by atoms with Crippen LogP contribution in [0.3, 0.4) is 0 Å². The van der Waals surface area contributed by atoms with Crippen LogP contribution in [0.25, 0.3) is 0 Å². The standard InChI is InChI=1S/C23H29BrN2O2S/c1-4-12-25-23(28)18(3)26(14-19-8-10-21(24)11-9-19)22(27)16-29-15-20-7-5-6-17(2)13-20/h5-11,13,18H,4,12,14-16H2,1-3H3,(H,25,28)/t18-/m1/s1. The highest BCUT2D eigenvalue weighted by molar-refractivity contribution is 9.10. The first-order chi connectivity index (χ1) is 13.9. The van der Waals surface area contributed by atoms with Gasteiger partial charge in [0.05, 0.1) is 5.75 Å². The Balaban J connectivity index is 2.04. The Morgan fingerprint density at radius 3 is 2.52 bits per heavy atom. The Bertz CT molecular complexity index is 811. The van der Waals surface area contributed by atoms with Crippen LogP contribution >= 0.6 is 27.7 Å². The predicted octanol–water partition coefficient (Wildman–Crippen LogP) is 4.93. The van der Waals surface area contributed by atoms with E-state index in [0.29, 0.717) is 18.8 Å². The monoisotopic (exact) mass is 476 g/mol. The molecular weight excluding hydrogens is 448 g/mol. The van der Waals surface area contributed by atoms with Gasteiger partial charge in [0, 0.05) is 23.3 Å². The summed E-state index contributed by atoms with van der Waals surface area (Å²) in [5.41, 5.74) is 3.42. The van der Waals surface area contributed by atoms with Gasteiger partial charge in [0.2, 0.25) is 11.8 Å². The first kappa shape index (κ1) is 23.5. The molecule has 0 spiro atoms. The van der Waals surface area contributed by atoms with E-state index < -0.39 is 6.04 Å². The number of nitrogens with one attached hydrogen (secondary N) is 1. The second kappa shape index (κ2) is 12.0. The summed E-state index contributed by atoms with van der Waals surface area (Å²) in [5, 5.41) is 2.90. The Morgan fingerprint density at radius 2 is 1.86 bits per heavy atom. The van der Waals surface area contributed by atoms with Crippen LogP contribution in [-0.4, -0.2) is 35.1 Å². The minimum Gasteiger partial charge on any atom is -0.354 e. The summed E-state index contributed by atoms with van der Waals surface area (Å²) in [7, 11) is 0. The average molecular weight is 477 g/mol. The van der Waals surface area contributed by atoms with Crippen molar-refractivity contribution in [1.82, 2.24) is 10.2 Å². The normalized spacial score (nSPS) is 11.7. The van der Waals surface area contributed by atoms with Gasteiger partial charge in [-0.25, -0.2) is 0 Å². The second-order valence-electron chi connectivity index (χ2n) is 7.10. The highest BCUT2D eigenvalue weighted by atomic mass is 79.9. The zero-order valence-corrected chi connectivity index (χ0v) is 19.7. The number of amides is 2. The number of aryl methyl sites for hydroxylation is 1. The third-order valence-electron chi connectivity index (χ3n) is 4.56. The number of nitrogens with zero attached hydrogens (tertiary/aromatic N) is 1. The fourth-order valence-corrected chi connectivity index (χ4v) is 4.03. The third-order valence-corrected chi connectivity index (χ3v) is 6.08. The largest absolute Gasteiger partial charge is 0.354 e. The summed E-state index contributed by atoms with van der Waals surface area (Å²) >= 11 is 5.02. The van der Waals surface area contributed by atoms with Gasteiger partial charge in [0.1, 0.15) is 6.04 Å². The third kappa shape index (κ3) is 7.86. The minimum absolute atomic E-state index is 0.0234. The van der Waals surface area contributed by atoms with Crippen molar-refractivity contribution in [3.63, 3.8) is 0 Å². The maximum atomic E-state index is 13.0. The van der Waals surface area contributed by atoms with E-state index in [0.717, 1.165) is 22.2 Å². The number of thioether (sulfide) groups is 1. The van der Waals surface area contributed by atoms with Crippen molar-refractivity contribution in [2.75, 3.05) is 12.3 Å². The van der Waals surface area contributed by atoms with E-state index in [2.05, 4.69) is 46.4 Å². The first-order valence-electron chi connectivity index (χ1n) is 9.85. The summed E-state index contributed by atoms with van der Waals surface area (Å²) < 4.78 is 0.988. The molecule has 0 unspecified atom stereocenters. The smallest absolute Gasteiger partial charge is 0.242 e. The minimum atomic E-state index is -0.516. The SMILES string of the molecule is CCCNC(=O)[C@@H](C)N(Cc1ccc(Br)cc1)C(=O)CSCc1cccc(C)c1. The van der Waals surface area contributed by atoms with Crippen LogP contribution < -0.4 is 5.32 Å². The van der Waals surface area contributed by atoms with Crippen LogP contribution in [0.2, 0.25) is 0 Å². The molecule has 2 rings (SSSR count). The molecule has 0 aliphatic carbocycles. The van der Waals surface area contributed by atoms with Gasteiger partial charge in [0.15, 0.2) is 0 Å². The number of hydrogen-bond acceptors (Lipinski definition) is 3. The van der Waals surface area contributed by atoms with Crippen LogP contribution in [0.5, 0.6) is 0 Å². The van der Waals surface area contributed by atoms with Gasteiger partial charge in [-0.15, -0.1) is 11.8 Å². The average Bonchev–Trinajstić information content (AvgIpc) is 2.71. The molecule has 0 radical (unpaired) electrons. The van der Waals surface area contributed by atoms with Gasteiger partial charge >= 0.3 is 0 Å². The maximum absolute atomic E-state index is 13.0. The topological polar surface area (TPSA) is 49.4 Å². The van der Waals surface area contributed by atoms with E-state index >= 15 is 0 Å². The Morgan fingerprint density at radius 1 is 1.14 bits per heavy atom. The van der Waals surface area contributed by atoms with Crippen LogP contribution in [0.1, 0.15) is 37.0 Å². The Kier molecular flexibility index (Phi) is 9.74. The van der Waals surface area contributed by atoms with Gasteiger partial charge in [-0.2, -0.15) is 0 Å². The second-order valence-corrected chi connectivity index (χ2v) is 9.00. The molecule has 29 heavy (non-hydrogen) atoms. The van der Waals surface area contributed by atoms with E-state index in [1.165, 1.54) is 11.1 Å². The number of halogens is 1. The lowest BCUT2D eigenvalue weighted by atomic mass is 10.1. The van der Waals surface area contributed by atoms with Crippen LogP contribution in [0.4, 0.5) is 0 Å². The molecule has 1 N–H and O–H groups in total. The molecule has 0 bridgehead atoms. The summed E-state index contributed by atoms with van der Waals surface area (Å²) in [6.07, 6.45) is 0.867. The van der Waals surface area contributed by atoms with Crippen LogP contribution in [0.15, 0.2) is 53.0 Å². The molecule has 0 saturated heterocycles. The molecule has 1 atom stereocenters. The highest BCUT2D eigenvalue weighted by Crippen LogP contribution is 2.18. The summed E-state index contributed by atoms with van der Waals surface area (Å²) in [4.78, 5) is 27.2. The number of carbonyl (C=O) groups is 2. The molecule has 0 saturated carbocycles. The molecule has 2 aromatic carbocycles. The molecule has 2 amide bonds. The van der Waals surface area contributed by atoms with Crippen molar-refractivity contribution in [2.45, 2.75) is 45.5 Å².